The summed E-state index contributed by atoms with van der Waals surface area (Å²) < 4.78 is 1.91. The zero-order valence-electron chi connectivity index (χ0n) is 17.4. The quantitative estimate of drug-likeness (QED) is 0.413. The van der Waals surface area contributed by atoms with Crippen molar-refractivity contribution in [3.05, 3.63) is 103 Å². The van der Waals surface area contributed by atoms with E-state index in [4.69, 9.17) is 0 Å². The van der Waals surface area contributed by atoms with Gasteiger partial charge in [0, 0.05) is 46.7 Å². The highest BCUT2D eigenvalue weighted by molar-refractivity contribution is 6.04. The van der Waals surface area contributed by atoms with Crippen LogP contribution in [0.4, 0.5) is 17.2 Å². The van der Waals surface area contributed by atoms with Gasteiger partial charge in [-0.2, -0.15) is 0 Å². The van der Waals surface area contributed by atoms with Crippen molar-refractivity contribution in [2.45, 2.75) is 6.92 Å². The first-order chi connectivity index (χ1) is 15.6. The summed E-state index contributed by atoms with van der Waals surface area (Å²) in [7, 11) is 0. The number of anilines is 3. The van der Waals surface area contributed by atoms with Crippen LogP contribution in [0.25, 0.3) is 16.9 Å². The minimum atomic E-state index is -0.191. The van der Waals surface area contributed by atoms with Crippen LogP contribution in [0, 0.1) is 6.92 Å². The largest absolute Gasteiger partial charge is 0.340 e. The fourth-order valence-corrected chi connectivity index (χ4v) is 3.38. The molecule has 0 bridgehead atoms. The summed E-state index contributed by atoms with van der Waals surface area (Å²) >= 11 is 0. The van der Waals surface area contributed by atoms with E-state index in [0.717, 1.165) is 34.1 Å². The Labute approximate surface area is 184 Å². The van der Waals surface area contributed by atoms with E-state index in [-0.39, 0.29) is 5.91 Å². The van der Waals surface area contributed by atoms with E-state index < -0.39 is 0 Å². The van der Waals surface area contributed by atoms with E-state index >= 15 is 0 Å². The summed E-state index contributed by atoms with van der Waals surface area (Å²) in [5, 5.41) is 6.15. The lowest BCUT2D eigenvalue weighted by Gasteiger charge is -2.08. The number of hydrogen-bond acceptors (Lipinski definition) is 5. The summed E-state index contributed by atoms with van der Waals surface area (Å²) in [6, 6.07) is 22.9. The molecule has 32 heavy (non-hydrogen) atoms. The summed E-state index contributed by atoms with van der Waals surface area (Å²) in [6.07, 6.45) is 5.32. The molecule has 0 spiro atoms. The molecule has 2 N–H and O–H groups in total. The maximum absolute atomic E-state index is 12.8. The van der Waals surface area contributed by atoms with Crippen molar-refractivity contribution >= 4 is 28.7 Å². The number of pyridine rings is 1. The SMILES string of the molecule is Cc1cc(Nc2ccc(NC(=O)c3ccn4cc(-c5ccccc5)nc4c3)cc2)ncn1. The van der Waals surface area contributed by atoms with E-state index in [1.807, 2.05) is 84.4 Å². The number of amides is 1. The Morgan fingerprint density at radius 2 is 1.69 bits per heavy atom. The predicted molar refractivity (Wildman–Crippen MR) is 125 cm³/mol. The minimum Gasteiger partial charge on any atom is -0.340 e. The molecule has 1 amide bonds. The number of aromatic nitrogens is 4. The molecule has 0 saturated carbocycles. The molecule has 0 radical (unpaired) electrons. The number of aryl methyl sites for hydroxylation is 1. The van der Waals surface area contributed by atoms with Crippen LogP contribution < -0.4 is 10.6 Å². The lowest BCUT2D eigenvalue weighted by Crippen LogP contribution is -2.12. The van der Waals surface area contributed by atoms with Gasteiger partial charge in [-0.3, -0.25) is 4.79 Å². The van der Waals surface area contributed by atoms with Gasteiger partial charge in [-0.25, -0.2) is 15.0 Å². The van der Waals surface area contributed by atoms with Gasteiger partial charge < -0.3 is 15.0 Å². The molecule has 156 valence electrons. The summed E-state index contributed by atoms with van der Waals surface area (Å²) in [5.74, 6) is 0.529. The lowest BCUT2D eigenvalue weighted by molar-refractivity contribution is 0.102. The monoisotopic (exact) mass is 420 g/mol. The van der Waals surface area contributed by atoms with Crippen LogP contribution in [0.3, 0.4) is 0 Å². The second-order valence-corrected chi connectivity index (χ2v) is 7.37. The number of nitrogens with zero attached hydrogens (tertiary/aromatic N) is 4. The normalized spacial score (nSPS) is 10.8. The second kappa shape index (κ2) is 8.31. The number of rotatable bonds is 5. The van der Waals surface area contributed by atoms with Crippen LogP contribution in [-0.4, -0.2) is 25.3 Å². The smallest absolute Gasteiger partial charge is 0.255 e. The molecule has 7 heteroatoms. The van der Waals surface area contributed by atoms with Crippen LogP contribution in [0.15, 0.2) is 91.5 Å². The fourth-order valence-electron chi connectivity index (χ4n) is 3.38. The van der Waals surface area contributed by atoms with Crippen molar-refractivity contribution in [1.82, 2.24) is 19.4 Å². The molecule has 2 aromatic carbocycles. The predicted octanol–water partition coefficient (Wildman–Crippen LogP) is 5.10. The summed E-state index contributed by atoms with van der Waals surface area (Å²) in [4.78, 5) is 25.7. The molecule has 0 saturated heterocycles. The molecule has 5 aromatic rings. The summed E-state index contributed by atoms with van der Waals surface area (Å²) in [6.45, 7) is 1.91. The maximum Gasteiger partial charge on any atom is 0.255 e. The molecule has 3 aromatic heterocycles. The van der Waals surface area contributed by atoms with Crippen LogP contribution >= 0.6 is 0 Å². The summed E-state index contributed by atoms with van der Waals surface area (Å²) in [5.41, 5.74) is 5.62. The van der Waals surface area contributed by atoms with Gasteiger partial charge >= 0.3 is 0 Å². The number of imidazole rings is 1. The van der Waals surface area contributed by atoms with Gasteiger partial charge in [-0.1, -0.05) is 30.3 Å². The molecular weight excluding hydrogens is 400 g/mol. The molecule has 0 unspecified atom stereocenters. The highest BCUT2D eigenvalue weighted by atomic mass is 16.1. The van der Waals surface area contributed by atoms with Gasteiger partial charge in [0.05, 0.1) is 5.69 Å². The van der Waals surface area contributed by atoms with Crippen molar-refractivity contribution in [1.29, 1.82) is 0 Å². The van der Waals surface area contributed by atoms with Crippen molar-refractivity contribution in [3.63, 3.8) is 0 Å². The molecule has 0 fully saturated rings. The average molecular weight is 420 g/mol. The molecule has 0 aliphatic carbocycles. The Kier molecular flexibility index (Phi) is 5.05. The fraction of sp³-hybridized carbons (Fsp3) is 0.0400. The van der Waals surface area contributed by atoms with Crippen molar-refractivity contribution in [2.75, 3.05) is 10.6 Å². The number of carbonyl (C=O) groups is 1. The van der Waals surface area contributed by atoms with Gasteiger partial charge in [0.1, 0.15) is 17.8 Å². The molecule has 0 aliphatic heterocycles. The van der Waals surface area contributed by atoms with Crippen molar-refractivity contribution in [3.8, 4) is 11.3 Å². The van der Waals surface area contributed by atoms with Crippen molar-refractivity contribution < 1.29 is 4.79 Å². The van der Waals surface area contributed by atoms with E-state index in [9.17, 15) is 4.79 Å². The van der Waals surface area contributed by atoms with Crippen LogP contribution in [0.1, 0.15) is 16.1 Å². The Morgan fingerprint density at radius 3 is 2.47 bits per heavy atom. The molecule has 3 heterocycles. The van der Waals surface area contributed by atoms with E-state index in [2.05, 4.69) is 25.6 Å². The second-order valence-electron chi connectivity index (χ2n) is 7.37. The first kappa shape index (κ1) is 19.4. The Morgan fingerprint density at radius 1 is 0.906 bits per heavy atom. The Bertz CT molecular complexity index is 1390. The van der Waals surface area contributed by atoms with Gasteiger partial charge in [0.15, 0.2) is 0 Å². The lowest BCUT2D eigenvalue weighted by atomic mass is 10.2. The van der Waals surface area contributed by atoms with Gasteiger partial charge in [-0.15, -0.1) is 0 Å². The number of benzene rings is 2. The number of fused-ring (bicyclic) bond motifs is 1. The third kappa shape index (κ3) is 4.17. The number of carbonyl (C=O) groups excluding carboxylic acids is 1. The number of hydrogen-bond donors (Lipinski definition) is 2. The molecule has 7 nitrogen and oxygen atoms in total. The third-order valence-electron chi connectivity index (χ3n) is 5.01. The molecule has 5 rings (SSSR count). The van der Waals surface area contributed by atoms with Crippen LogP contribution in [-0.2, 0) is 0 Å². The average Bonchev–Trinajstić information content (AvgIpc) is 3.24. The molecule has 0 atom stereocenters. The zero-order valence-corrected chi connectivity index (χ0v) is 17.4. The zero-order chi connectivity index (χ0) is 21.9. The highest BCUT2D eigenvalue weighted by Crippen LogP contribution is 2.21. The van der Waals surface area contributed by atoms with E-state index in [1.165, 1.54) is 6.33 Å². The standard InChI is InChI=1S/C25H20N6O/c1-17-13-23(27-16-26-17)28-20-7-9-21(10-8-20)29-25(32)19-11-12-31-15-22(30-24(31)14-19)18-5-3-2-4-6-18/h2-16H,1H3,(H,29,32)(H,26,27,28). The molecule has 0 aliphatic rings. The first-order valence-corrected chi connectivity index (χ1v) is 10.2. The minimum absolute atomic E-state index is 0.191. The van der Waals surface area contributed by atoms with Gasteiger partial charge in [0.2, 0.25) is 0 Å². The first-order valence-electron chi connectivity index (χ1n) is 10.2. The van der Waals surface area contributed by atoms with Crippen molar-refractivity contribution in [2.24, 2.45) is 0 Å². The van der Waals surface area contributed by atoms with Gasteiger partial charge in [-0.05, 0) is 43.3 Å². The number of nitrogens with one attached hydrogen (secondary N) is 2. The van der Waals surface area contributed by atoms with Crippen LogP contribution in [0.2, 0.25) is 0 Å². The topological polar surface area (TPSA) is 84.2 Å². The maximum atomic E-state index is 12.8. The highest BCUT2D eigenvalue weighted by Gasteiger charge is 2.10. The van der Waals surface area contributed by atoms with Gasteiger partial charge in [0.25, 0.3) is 5.91 Å². The van der Waals surface area contributed by atoms with Crippen LogP contribution in [0.5, 0.6) is 0 Å². The third-order valence-corrected chi connectivity index (χ3v) is 5.01. The molecular formula is C25H20N6O. The van der Waals surface area contributed by atoms with E-state index in [1.54, 1.807) is 12.1 Å². The Balaban J connectivity index is 1.30. The Hall–Kier alpha value is -4.52. The van der Waals surface area contributed by atoms with E-state index in [0.29, 0.717) is 11.3 Å².